The molecule has 3 heteroatoms. The molecule has 1 heterocycles. The van der Waals surface area contributed by atoms with Crippen LogP contribution in [0, 0.1) is 12.3 Å². The molecule has 3 rings (SSSR count). The molecule has 0 fully saturated rings. The van der Waals surface area contributed by atoms with E-state index < -0.39 is 0 Å². The summed E-state index contributed by atoms with van der Waals surface area (Å²) >= 11 is 0. The maximum Gasteiger partial charge on any atom is 0.0928 e. The zero-order chi connectivity index (χ0) is 22.6. The number of hydrogen-bond donors (Lipinski definition) is 1. The number of rotatable bonds is 6. The van der Waals surface area contributed by atoms with Gasteiger partial charge in [-0.05, 0) is 97.5 Å². The van der Waals surface area contributed by atoms with Crippen LogP contribution >= 0.6 is 0 Å². The van der Waals surface area contributed by atoms with Crippen molar-refractivity contribution in [3.8, 4) is 0 Å². The zero-order valence-corrected chi connectivity index (χ0v) is 19.9. The summed E-state index contributed by atoms with van der Waals surface area (Å²) in [5.74, 6) is 0. The van der Waals surface area contributed by atoms with Crippen molar-refractivity contribution in [3.63, 3.8) is 0 Å². The molecular formula is C28H37N3. The molecule has 3 nitrogen and oxygen atoms in total. The lowest BCUT2D eigenvalue weighted by Gasteiger charge is -2.24. The van der Waals surface area contributed by atoms with Gasteiger partial charge in [0.2, 0.25) is 0 Å². The minimum absolute atomic E-state index is 0.135. The highest BCUT2D eigenvalue weighted by molar-refractivity contribution is 6.10. The van der Waals surface area contributed by atoms with Crippen LogP contribution in [-0.2, 0) is 19.3 Å². The van der Waals surface area contributed by atoms with Gasteiger partial charge in [-0.15, -0.1) is 0 Å². The van der Waals surface area contributed by atoms with E-state index in [0.717, 1.165) is 48.3 Å². The Morgan fingerprint density at radius 1 is 1.16 bits per heavy atom. The second-order valence-corrected chi connectivity index (χ2v) is 9.78. The number of aromatic nitrogens is 1. The predicted molar refractivity (Wildman–Crippen MR) is 135 cm³/mol. The van der Waals surface area contributed by atoms with Crippen LogP contribution in [0.3, 0.4) is 0 Å². The second kappa shape index (κ2) is 9.64. The van der Waals surface area contributed by atoms with Gasteiger partial charge in [-0.25, -0.2) is 4.98 Å². The number of fused-ring (bicyclic) bond motifs is 3. The van der Waals surface area contributed by atoms with Gasteiger partial charge in [-0.2, -0.15) is 0 Å². The first-order valence-electron chi connectivity index (χ1n) is 11.5. The number of aryl methyl sites for hydroxylation is 3. The highest BCUT2D eigenvalue weighted by Gasteiger charge is 2.23. The number of pyridine rings is 1. The number of benzene rings is 1. The lowest BCUT2D eigenvalue weighted by molar-refractivity contribution is 0.409. The summed E-state index contributed by atoms with van der Waals surface area (Å²) in [5, 5.41) is 1.37. The first-order chi connectivity index (χ1) is 14.7. The normalized spacial score (nSPS) is 15.2. The van der Waals surface area contributed by atoms with Gasteiger partial charge >= 0.3 is 0 Å². The molecule has 0 bridgehead atoms. The molecule has 1 aliphatic carbocycles. The molecule has 0 spiro atoms. The topological polar surface area (TPSA) is 51.3 Å². The van der Waals surface area contributed by atoms with E-state index in [1.165, 1.54) is 46.7 Å². The van der Waals surface area contributed by atoms with Gasteiger partial charge in [0.25, 0.3) is 0 Å². The maximum absolute atomic E-state index is 5.56. The van der Waals surface area contributed by atoms with E-state index in [4.69, 9.17) is 15.7 Å². The van der Waals surface area contributed by atoms with Gasteiger partial charge in [0.15, 0.2) is 0 Å². The molecule has 0 amide bonds. The fourth-order valence-electron chi connectivity index (χ4n) is 4.67. The summed E-state index contributed by atoms with van der Waals surface area (Å²) in [6, 6.07) is 4.38. The SMILES string of the molecule is C=C(CC(C)(C)C)N=C(/C=C\C=C\N)c1nc2ccc(C)c(CC)c2c2c1CCCC2. The van der Waals surface area contributed by atoms with Crippen LogP contribution < -0.4 is 5.73 Å². The van der Waals surface area contributed by atoms with Crippen molar-refractivity contribution in [2.45, 2.75) is 73.1 Å². The Hall–Kier alpha value is -2.68. The molecule has 0 atom stereocenters. The largest absolute Gasteiger partial charge is 0.405 e. The molecule has 0 radical (unpaired) electrons. The molecule has 2 aromatic rings. The lowest BCUT2D eigenvalue weighted by Crippen LogP contribution is -2.15. The number of nitrogens with two attached hydrogens (primary N) is 1. The fraction of sp³-hybridized carbons (Fsp3) is 0.429. The van der Waals surface area contributed by atoms with Crippen LogP contribution in [0.1, 0.15) is 74.9 Å². The summed E-state index contributed by atoms with van der Waals surface area (Å²) in [6.07, 6.45) is 13.8. The fourth-order valence-corrected chi connectivity index (χ4v) is 4.67. The number of nitrogens with zero attached hydrogens (tertiary/aromatic N) is 2. The maximum atomic E-state index is 5.56. The molecule has 1 aliphatic rings. The third-order valence-corrected chi connectivity index (χ3v) is 5.90. The molecule has 1 aromatic heterocycles. The first-order valence-corrected chi connectivity index (χ1v) is 11.5. The van der Waals surface area contributed by atoms with Crippen molar-refractivity contribution >= 4 is 16.6 Å². The molecule has 0 unspecified atom stereocenters. The van der Waals surface area contributed by atoms with Crippen molar-refractivity contribution in [3.05, 3.63) is 76.8 Å². The Bertz CT molecular complexity index is 1060. The Balaban J connectivity index is 2.26. The minimum Gasteiger partial charge on any atom is -0.405 e. The average molecular weight is 416 g/mol. The smallest absolute Gasteiger partial charge is 0.0928 e. The molecule has 2 N–H and O–H groups in total. The predicted octanol–water partition coefficient (Wildman–Crippen LogP) is 6.75. The quantitative estimate of drug-likeness (QED) is 0.419. The number of aliphatic imine (C=N–C) groups is 1. The van der Waals surface area contributed by atoms with E-state index in [0.29, 0.717) is 0 Å². The van der Waals surface area contributed by atoms with Crippen LogP contribution in [0.15, 0.2) is 53.8 Å². The lowest BCUT2D eigenvalue weighted by atomic mass is 9.84. The van der Waals surface area contributed by atoms with Crippen LogP contribution in [0.2, 0.25) is 0 Å². The summed E-state index contributed by atoms with van der Waals surface area (Å²) in [5.41, 5.74) is 15.2. The standard InChI is InChI=1S/C28H37N3/c1-7-21-19(2)15-16-24-26(21)22-12-8-9-13-23(22)27(31-24)25(14-10-11-17-29)30-20(3)18-28(4,5)6/h10-11,14-17H,3,7-9,12-13,18,29H2,1-2,4-6H3/b14-10-,17-11+,30-25?. The summed E-state index contributed by atoms with van der Waals surface area (Å²) in [4.78, 5) is 10.2. The van der Waals surface area contributed by atoms with E-state index in [-0.39, 0.29) is 5.41 Å². The molecule has 31 heavy (non-hydrogen) atoms. The molecular weight excluding hydrogens is 378 g/mol. The van der Waals surface area contributed by atoms with E-state index in [2.05, 4.69) is 53.3 Å². The second-order valence-electron chi connectivity index (χ2n) is 9.78. The minimum atomic E-state index is 0.135. The highest BCUT2D eigenvalue weighted by atomic mass is 14.8. The van der Waals surface area contributed by atoms with Gasteiger partial charge in [0, 0.05) is 11.1 Å². The number of hydrogen-bond acceptors (Lipinski definition) is 3. The molecule has 0 saturated carbocycles. The number of allylic oxidation sites excluding steroid dienone is 4. The van der Waals surface area contributed by atoms with Crippen LogP contribution in [-0.4, -0.2) is 10.7 Å². The summed E-state index contributed by atoms with van der Waals surface area (Å²) in [6.45, 7) is 15.4. The first kappa shape index (κ1) is 23.0. The van der Waals surface area contributed by atoms with Gasteiger partial charge in [-0.1, -0.05) is 46.4 Å². The van der Waals surface area contributed by atoms with E-state index in [9.17, 15) is 0 Å². The van der Waals surface area contributed by atoms with Crippen LogP contribution in [0.25, 0.3) is 10.9 Å². The Kier molecular flexibility index (Phi) is 7.15. The van der Waals surface area contributed by atoms with Gasteiger partial charge in [0.05, 0.1) is 16.9 Å². The summed E-state index contributed by atoms with van der Waals surface area (Å²) < 4.78 is 0. The van der Waals surface area contributed by atoms with Gasteiger partial charge in [-0.3, -0.25) is 4.99 Å². The Labute approximate surface area is 187 Å². The zero-order valence-electron chi connectivity index (χ0n) is 19.9. The molecule has 0 saturated heterocycles. The van der Waals surface area contributed by atoms with Crippen LogP contribution in [0.5, 0.6) is 0 Å². The van der Waals surface area contributed by atoms with Crippen molar-refractivity contribution in [1.29, 1.82) is 0 Å². The van der Waals surface area contributed by atoms with Crippen molar-refractivity contribution in [2.24, 2.45) is 16.1 Å². The molecule has 0 aliphatic heterocycles. The Morgan fingerprint density at radius 2 is 1.87 bits per heavy atom. The van der Waals surface area contributed by atoms with Crippen molar-refractivity contribution < 1.29 is 0 Å². The molecule has 164 valence electrons. The van der Waals surface area contributed by atoms with E-state index >= 15 is 0 Å². The Morgan fingerprint density at radius 3 is 2.52 bits per heavy atom. The molecule has 1 aromatic carbocycles. The third kappa shape index (κ3) is 5.33. The van der Waals surface area contributed by atoms with Crippen molar-refractivity contribution in [1.82, 2.24) is 4.98 Å². The summed E-state index contributed by atoms with van der Waals surface area (Å²) in [7, 11) is 0. The van der Waals surface area contributed by atoms with E-state index in [1.807, 2.05) is 18.2 Å². The third-order valence-electron chi connectivity index (χ3n) is 5.90. The van der Waals surface area contributed by atoms with Crippen LogP contribution in [0.4, 0.5) is 0 Å². The van der Waals surface area contributed by atoms with Gasteiger partial charge < -0.3 is 5.73 Å². The van der Waals surface area contributed by atoms with Gasteiger partial charge in [0.1, 0.15) is 0 Å². The van der Waals surface area contributed by atoms with Crippen molar-refractivity contribution in [2.75, 3.05) is 0 Å². The monoisotopic (exact) mass is 415 g/mol. The average Bonchev–Trinajstić information content (AvgIpc) is 2.71. The van der Waals surface area contributed by atoms with E-state index in [1.54, 1.807) is 0 Å². The highest BCUT2D eigenvalue weighted by Crippen LogP contribution is 2.34.